The number of carbonyl (C=O) groups excluding carboxylic acids is 1. The Morgan fingerprint density at radius 2 is 2.25 bits per heavy atom. The number of pyridine rings is 1. The molecular formula is C17H24N4O2S. The van der Waals surface area contributed by atoms with Crippen molar-refractivity contribution in [3.63, 3.8) is 0 Å². The van der Waals surface area contributed by atoms with E-state index in [9.17, 15) is 9.59 Å². The predicted octanol–water partition coefficient (Wildman–Crippen LogP) is 2.79. The van der Waals surface area contributed by atoms with Gasteiger partial charge in [-0.1, -0.05) is 33.1 Å². The Bertz CT molecular complexity index is 812. The molecule has 24 heavy (non-hydrogen) atoms. The SMILES string of the molecule is CCCC[C@@H](CC)CNC(=O)Cn1c(=S)[nH]c2ncccc2c1=O. The van der Waals surface area contributed by atoms with Gasteiger partial charge in [0, 0.05) is 12.7 Å². The van der Waals surface area contributed by atoms with E-state index in [1.54, 1.807) is 18.3 Å². The highest BCUT2D eigenvalue weighted by Crippen LogP contribution is 2.11. The number of fused-ring (bicyclic) bond motifs is 1. The highest BCUT2D eigenvalue weighted by atomic mass is 32.1. The molecule has 130 valence electrons. The lowest BCUT2D eigenvalue weighted by Gasteiger charge is -2.15. The topological polar surface area (TPSA) is 79.8 Å². The highest BCUT2D eigenvalue weighted by Gasteiger charge is 2.12. The molecular weight excluding hydrogens is 324 g/mol. The van der Waals surface area contributed by atoms with E-state index >= 15 is 0 Å². The van der Waals surface area contributed by atoms with E-state index in [-0.39, 0.29) is 22.8 Å². The van der Waals surface area contributed by atoms with Gasteiger partial charge in [0.2, 0.25) is 5.91 Å². The lowest BCUT2D eigenvalue weighted by atomic mass is 9.99. The van der Waals surface area contributed by atoms with Gasteiger partial charge in [0.05, 0.1) is 5.39 Å². The molecule has 0 fully saturated rings. The monoisotopic (exact) mass is 348 g/mol. The standard InChI is InChI=1S/C17H24N4O2S/c1-3-5-7-12(4-2)10-19-14(22)11-21-16(23)13-8-6-9-18-15(13)20-17(21)24/h6,8-9,12H,3-5,7,10-11H2,1-2H3,(H,19,22)(H,18,20,24)/t12-/m1/s1. The van der Waals surface area contributed by atoms with E-state index in [1.807, 2.05) is 0 Å². The van der Waals surface area contributed by atoms with Crippen molar-refractivity contribution in [1.82, 2.24) is 19.9 Å². The Labute approximate surface area is 146 Å². The number of amides is 1. The first-order valence-electron chi connectivity index (χ1n) is 8.41. The zero-order chi connectivity index (χ0) is 17.5. The molecule has 0 saturated heterocycles. The van der Waals surface area contributed by atoms with Gasteiger partial charge >= 0.3 is 0 Å². The smallest absolute Gasteiger partial charge is 0.264 e. The molecule has 0 radical (unpaired) electrons. The summed E-state index contributed by atoms with van der Waals surface area (Å²) in [7, 11) is 0. The van der Waals surface area contributed by atoms with Crippen LogP contribution in [0.5, 0.6) is 0 Å². The first-order valence-corrected chi connectivity index (χ1v) is 8.82. The summed E-state index contributed by atoms with van der Waals surface area (Å²) in [5.41, 5.74) is 0.143. The summed E-state index contributed by atoms with van der Waals surface area (Å²) in [5, 5.41) is 3.34. The maximum Gasteiger partial charge on any atom is 0.264 e. The van der Waals surface area contributed by atoms with Crippen LogP contribution in [0.3, 0.4) is 0 Å². The van der Waals surface area contributed by atoms with E-state index in [2.05, 4.69) is 29.1 Å². The Morgan fingerprint density at radius 3 is 2.96 bits per heavy atom. The van der Waals surface area contributed by atoms with Crippen LogP contribution in [0.25, 0.3) is 11.0 Å². The van der Waals surface area contributed by atoms with E-state index in [4.69, 9.17) is 12.2 Å². The number of aromatic amines is 1. The van der Waals surface area contributed by atoms with Crippen LogP contribution in [0.15, 0.2) is 23.1 Å². The second-order valence-corrected chi connectivity index (χ2v) is 6.33. The van der Waals surface area contributed by atoms with Gasteiger partial charge in [-0.2, -0.15) is 0 Å². The van der Waals surface area contributed by atoms with E-state index in [1.165, 1.54) is 4.57 Å². The fourth-order valence-corrected chi connectivity index (χ4v) is 2.87. The van der Waals surface area contributed by atoms with E-state index < -0.39 is 0 Å². The van der Waals surface area contributed by atoms with Crippen LogP contribution in [0.1, 0.15) is 39.5 Å². The van der Waals surface area contributed by atoms with Crippen molar-refractivity contribution in [2.45, 2.75) is 46.1 Å². The van der Waals surface area contributed by atoms with Crippen LogP contribution in [0.2, 0.25) is 0 Å². The minimum Gasteiger partial charge on any atom is -0.354 e. The van der Waals surface area contributed by atoms with Crippen molar-refractivity contribution in [3.05, 3.63) is 33.5 Å². The Hall–Kier alpha value is -2.02. The van der Waals surface area contributed by atoms with E-state index in [0.717, 1.165) is 25.7 Å². The van der Waals surface area contributed by atoms with Gasteiger partial charge < -0.3 is 10.3 Å². The largest absolute Gasteiger partial charge is 0.354 e. The molecule has 2 aromatic heterocycles. The summed E-state index contributed by atoms with van der Waals surface area (Å²) in [5.74, 6) is 0.274. The van der Waals surface area contributed by atoms with Crippen molar-refractivity contribution in [2.75, 3.05) is 6.54 Å². The van der Waals surface area contributed by atoms with Crippen LogP contribution < -0.4 is 10.9 Å². The number of carbonyl (C=O) groups is 1. The predicted molar refractivity (Wildman–Crippen MR) is 97.5 cm³/mol. The van der Waals surface area contributed by atoms with Crippen LogP contribution in [-0.2, 0) is 11.3 Å². The van der Waals surface area contributed by atoms with Gasteiger partial charge in [0.1, 0.15) is 12.2 Å². The van der Waals surface area contributed by atoms with Gasteiger partial charge in [0.15, 0.2) is 4.77 Å². The number of nitrogens with one attached hydrogen (secondary N) is 2. The molecule has 0 unspecified atom stereocenters. The first kappa shape index (κ1) is 18.3. The number of H-pyrrole nitrogens is 1. The zero-order valence-corrected chi connectivity index (χ0v) is 15.0. The van der Waals surface area contributed by atoms with Crippen molar-refractivity contribution in [1.29, 1.82) is 0 Å². The van der Waals surface area contributed by atoms with Gasteiger partial charge in [-0.05, 0) is 36.7 Å². The fraction of sp³-hybridized carbons (Fsp3) is 0.529. The Balaban J connectivity index is 2.08. The van der Waals surface area contributed by atoms with Gasteiger partial charge in [-0.15, -0.1) is 0 Å². The molecule has 0 spiro atoms. The molecule has 0 aliphatic heterocycles. The third-order valence-electron chi connectivity index (χ3n) is 4.19. The first-order chi connectivity index (χ1) is 11.6. The quantitative estimate of drug-likeness (QED) is 0.719. The second kappa shape index (κ2) is 8.73. The molecule has 2 heterocycles. The van der Waals surface area contributed by atoms with Crippen LogP contribution in [-0.4, -0.2) is 27.0 Å². The molecule has 2 rings (SSSR count). The van der Waals surface area contributed by atoms with Crippen molar-refractivity contribution >= 4 is 29.2 Å². The molecule has 0 aromatic carbocycles. The number of rotatable bonds is 8. The van der Waals surface area contributed by atoms with Crippen LogP contribution >= 0.6 is 12.2 Å². The third kappa shape index (κ3) is 4.50. The maximum atomic E-state index is 12.5. The molecule has 1 amide bonds. The van der Waals surface area contributed by atoms with Crippen molar-refractivity contribution in [3.8, 4) is 0 Å². The number of unbranched alkanes of at least 4 members (excludes halogenated alkanes) is 1. The summed E-state index contributed by atoms with van der Waals surface area (Å²) in [6.07, 6.45) is 6.04. The average Bonchev–Trinajstić information content (AvgIpc) is 2.59. The zero-order valence-electron chi connectivity index (χ0n) is 14.2. The number of hydrogen-bond acceptors (Lipinski definition) is 4. The normalized spacial score (nSPS) is 12.2. The molecule has 2 aromatic rings. The molecule has 0 aliphatic rings. The maximum absolute atomic E-state index is 12.5. The molecule has 6 nitrogen and oxygen atoms in total. The lowest BCUT2D eigenvalue weighted by molar-refractivity contribution is -0.121. The molecule has 0 bridgehead atoms. The number of aromatic nitrogens is 3. The highest BCUT2D eigenvalue weighted by molar-refractivity contribution is 7.71. The Kier molecular flexibility index (Phi) is 6.66. The van der Waals surface area contributed by atoms with Gasteiger partial charge in [-0.3, -0.25) is 14.2 Å². The molecule has 0 saturated carbocycles. The van der Waals surface area contributed by atoms with Gasteiger partial charge in [0.25, 0.3) is 5.56 Å². The molecule has 0 aliphatic carbocycles. The number of hydrogen-bond donors (Lipinski definition) is 2. The molecule has 7 heteroatoms. The molecule has 1 atom stereocenters. The van der Waals surface area contributed by atoms with Crippen molar-refractivity contribution in [2.24, 2.45) is 5.92 Å². The summed E-state index contributed by atoms with van der Waals surface area (Å²) >= 11 is 5.19. The number of nitrogens with zero attached hydrogens (tertiary/aromatic N) is 2. The minimum absolute atomic E-state index is 0.0801. The van der Waals surface area contributed by atoms with E-state index in [0.29, 0.717) is 23.5 Å². The average molecular weight is 348 g/mol. The summed E-state index contributed by atoms with van der Waals surface area (Å²) in [4.78, 5) is 31.7. The Morgan fingerprint density at radius 1 is 1.46 bits per heavy atom. The second-order valence-electron chi connectivity index (χ2n) is 5.94. The summed E-state index contributed by atoms with van der Waals surface area (Å²) < 4.78 is 1.49. The third-order valence-corrected chi connectivity index (χ3v) is 4.51. The van der Waals surface area contributed by atoms with Gasteiger partial charge in [-0.25, -0.2) is 4.98 Å². The fourth-order valence-electron chi connectivity index (χ4n) is 2.63. The van der Waals surface area contributed by atoms with Crippen molar-refractivity contribution < 1.29 is 4.79 Å². The summed E-state index contributed by atoms with van der Waals surface area (Å²) in [6, 6.07) is 3.35. The van der Waals surface area contributed by atoms with Crippen LogP contribution in [0.4, 0.5) is 0 Å². The lowest BCUT2D eigenvalue weighted by Crippen LogP contribution is -2.35. The molecule has 2 N–H and O–H groups in total. The van der Waals surface area contributed by atoms with Crippen LogP contribution in [0, 0.1) is 10.7 Å². The minimum atomic E-state index is -0.296. The summed E-state index contributed by atoms with van der Waals surface area (Å²) in [6.45, 7) is 4.84.